The molecule has 0 aromatic heterocycles. The van der Waals surface area contributed by atoms with E-state index >= 15 is 0 Å². The minimum Gasteiger partial charge on any atom is -0.493 e. The summed E-state index contributed by atoms with van der Waals surface area (Å²) in [6, 6.07) is 3.32. The lowest BCUT2D eigenvalue weighted by Crippen LogP contribution is -2.39. The molecule has 0 atom stereocenters. The Kier molecular flexibility index (Phi) is 7.52. The Morgan fingerprint density at radius 2 is 1.95 bits per heavy atom. The molecule has 0 saturated carbocycles. The Bertz CT molecular complexity index is 482. The van der Waals surface area contributed by atoms with Gasteiger partial charge in [-0.1, -0.05) is 13.8 Å². The largest absolute Gasteiger partial charge is 0.493 e. The van der Waals surface area contributed by atoms with Gasteiger partial charge in [-0.05, 0) is 46.5 Å². The van der Waals surface area contributed by atoms with Gasteiger partial charge in [-0.3, -0.25) is 0 Å². The van der Waals surface area contributed by atoms with E-state index in [9.17, 15) is 13.9 Å². The highest BCUT2D eigenvalue weighted by Crippen LogP contribution is 2.37. The molecule has 0 aliphatic carbocycles. The number of halogens is 3. The first kappa shape index (κ1) is 19.1. The first-order chi connectivity index (χ1) is 10.3. The van der Waals surface area contributed by atoms with Gasteiger partial charge >= 0.3 is 6.61 Å². The second-order valence-corrected chi connectivity index (χ2v) is 5.88. The second-order valence-electron chi connectivity index (χ2n) is 5.02. The number of aliphatic hydroxyl groups is 1. The molecule has 0 heterocycles. The lowest BCUT2D eigenvalue weighted by Gasteiger charge is -2.25. The van der Waals surface area contributed by atoms with E-state index in [2.05, 4.69) is 26.0 Å². The van der Waals surface area contributed by atoms with Crippen molar-refractivity contribution < 1.29 is 23.4 Å². The number of hydrogen-bond acceptors (Lipinski definition) is 4. The molecule has 126 valence electrons. The number of nitrogens with one attached hydrogen (secondary N) is 1. The fourth-order valence-electron chi connectivity index (χ4n) is 2.02. The Balaban J connectivity index is 2.79. The molecule has 0 unspecified atom stereocenters. The molecule has 0 spiro atoms. The van der Waals surface area contributed by atoms with Gasteiger partial charge in [0, 0.05) is 13.1 Å². The van der Waals surface area contributed by atoms with Crippen LogP contribution in [0.1, 0.15) is 32.3 Å². The fraction of sp³-hybridized carbons (Fsp3) is 0.600. The van der Waals surface area contributed by atoms with E-state index in [-0.39, 0.29) is 11.5 Å². The molecule has 1 aromatic carbocycles. The Morgan fingerprint density at radius 3 is 2.45 bits per heavy atom. The van der Waals surface area contributed by atoms with Crippen molar-refractivity contribution in [3.63, 3.8) is 0 Å². The molecule has 4 nitrogen and oxygen atoms in total. The van der Waals surface area contributed by atoms with E-state index in [4.69, 9.17) is 4.74 Å². The fourth-order valence-corrected chi connectivity index (χ4v) is 2.60. The Labute approximate surface area is 137 Å². The molecule has 0 saturated heterocycles. The van der Waals surface area contributed by atoms with Crippen LogP contribution >= 0.6 is 15.9 Å². The minimum absolute atomic E-state index is 0.0279. The summed E-state index contributed by atoms with van der Waals surface area (Å²) >= 11 is 3.21. The van der Waals surface area contributed by atoms with Crippen LogP contribution in [0.3, 0.4) is 0 Å². The standard InChI is InChI=1S/C15H22BrF2NO3/c1-4-15(20,5-2)9-19-8-10-6-11(16)13(22-14(17)18)12(7-10)21-3/h6-7,14,19-20H,4-5,8-9H2,1-3H3. The number of methoxy groups -OCH3 is 1. The van der Waals surface area contributed by atoms with Gasteiger partial charge < -0.3 is 19.9 Å². The summed E-state index contributed by atoms with van der Waals surface area (Å²) in [4.78, 5) is 0. The van der Waals surface area contributed by atoms with Gasteiger partial charge in [0.25, 0.3) is 0 Å². The van der Waals surface area contributed by atoms with Crippen LogP contribution in [0.5, 0.6) is 11.5 Å². The van der Waals surface area contributed by atoms with Crippen LogP contribution in [0, 0.1) is 0 Å². The lowest BCUT2D eigenvalue weighted by atomic mass is 9.97. The molecule has 0 aliphatic heterocycles. The van der Waals surface area contributed by atoms with Crippen LogP contribution in [0.4, 0.5) is 8.78 Å². The maximum atomic E-state index is 12.4. The third-order valence-corrected chi connectivity index (χ3v) is 4.18. The molecule has 0 radical (unpaired) electrons. The summed E-state index contributed by atoms with van der Waals surface area (Å²) in [5, 5.41) is 13.4. The third kappa shape index (κ3) is 5.37. The number of alkyl halides is 2. The van der Waals surface area contributed by atoms with Gasteiger partial charge in [0.2, 0.25) is 0 Å². The van der Waals surface area contributed by atoms with Crippen LogP contribution < -0.4 is 14.8 Å². The van der Waals surface area contributed by atoms with Gasteiger partial charge in [-0.25, -0.2) is 0 Å². The molecule has 2 N–H and O–H groups in total. The summed E-state index contributed by atoms with van der Waals surface area (Å²) in [7, 11) is 1.39. The smallest absolute Gasteiger partial charge is 0.387 e. The van der Waals surface area contributed by atoms with Gasteiger partial charge in [-0.15, -0.1) is 0 Å². The molecule has 0 fully saturated rings. The van der Waals surface area contributed by atoms with Crippen molar-refractivity contribution in [3.8, 4) is 11.5 Å². The molecule has 7 heteroatoms. The van der Waals surface area contributed by atoms with Crippen LogP contribution in [-0.4, -0.2) is 31.0 Å². The van der Waals surface area contributed by atoms with Crippen LogP contribution in [0.2, 0.25) is 0 Å². The van der Waals surface area contributed by atoms with E-state index in [1.807, 2.05) is 13.8 Å². The Hall–Kier alpha value is -0.920. The highest BCUT2D eigenvalue weighted by molar-refractivity contribution is 9.10. The summed E-state index contributed by atoms with van der Waals surface area (Å²) in [6.45, 7) is 1.88. The van der Waals surface area contributed by atoms with E-state index in [1.54, 1.807) is 12.1 Å². The van der Waals surface area contributed by atoms with Gasteiger partial charge in [0.15, 0.2) is 11.5 Å². The van der Waals surface area contributed by atoms with Crippen molar-refractivity contribution in [1.29, 1.82) is 0 Å². The molecule has 1 aromatic rings. The number of benzene rings is 1. The first-order valence-electron chi connectivity index (χ1n) is 7.09. The van der Waals surface area contributed by atoms with E-state index in [0.717, 1.165) is 5.56 Å². The van der Waals surface area contributed by atoms with E-state index < -0.39 is 12.2 Å². The minimum atomic E-state index is -2.92. The summed E-state index contributed by atoms with van der Waals surface area (Å²) < 4.78 is 34.7. The van der Waals surface area contributed by atoms with Crippen LogP contribution in [-0.2, 0) is 6.54 Å². The van der Waals surface area contributed by atoms with Crippen molar-refractivity contribution in [2.75, 3.05) is 13.7 Å². The number of rotatable bonds is 9. The van der Waals surface area contributed by atoms with Gasteiger partial charge in [0.05, 0.1) is 17.2 Å². The van der Waals surface area contributed by atoms with Gasteiger partial charge in [0.1, 0.15) is 0 Å². The van der Waals surface area contributed by atoms with Crippen LogP contribution in [0.15, 0.2) is 16.6 Å². The quantitative estimate of drug-likeness (QED) is 0.684. The van der Waals surface area contributed by atoms with E-state index in [1.165, 1.54) is 7.11 Å². The molecule has 0 bridgehead atoms. The molecular formula is C15H22BrF2NO3. The molecule has 22 heavy (non-hydrogen) atoms. The first-order valence-corrected chi connectivity index (χ1v) is 7.88. The second kappa shape index (κ2) is 8.64. The summed E-state index contributed by atoms with van der Waals surface area (Å²) in [6.07, 6.45) is 1.31. The zero-order valence-corrected chi connectivity index (χ0v) is 14.5. The predicted molar refractivity (Wildman–Crippen MR) is 84.6 cm³/mol. The van der Waals surface area contributed by atoms with Crippen molar-refractivity contribution in [1.82, 2.24) is 5.32 Å². The third-order valence-electron chi connectivity index (χ3n) is 3.60. The lowest BCUT2D eigenvalue weighted by molar-refractivity contribution is -0.0517. The molecule has 0 amide bonds. The highest BCUT2D eigenvalue weighted by Gasteiger charge is 2.21. The highest BCUT2D eigenvalue weighted by atomic mass is 79.9. The summed E-state index contributed by atoms with van der Waals surface area (Å²) in [5.41, 5.74) is 0.0972. The molecular weight excluding hydrogens is 360 g/mol. The zero-order chi connectivity index (χ0) is 16.8. The van der Waals surface area contributed by atoms with Crippen molar-refractivity contribution in [3.05, 3.63) is 22.2 Å². The molecule has 0 aliphatic rings. The number of ether oxygens (including phenoxy) is 2. The van der Waals surface area contributed by atoms with Crippen molar-refractivity contribution in [2.24, 2.45) is 0 Å². The normalized spacial score (nSPS) is 11.8. The van der Waals surface area contributed by atoms with E-state index in [0.29, 0.717) is 30.4 Å². The maximum absolute atomic E-state index is 12.4. The SMILES string of the molecule is CCC(O)(CC)CNCc1cc(Br)c(OC(F)F)c(OC)c1. The molecule has 1 rings (SSSR count). The monoisotopic (exact) mass is 381 g/mol. The van der Waals surface area contributed by atoms with Gasteiger partial charge in [-0.2, -0.15) is 8.78 Å². The predicted octanol–water partition coefficient (Wildman–Crippen LogP) is 3.70. The Morgan fingerprint density at radius 1 is 1.32 bits per heavy atom. The topological polar surface area (TPSA) is 50.7 Å². The average Bonchev–Trinajstić information content (AvgIpc) is 2.49. The van der Waals surface area contributed by atoms with Crippen LogP contribution in [0.25, 0.3) is 0 Å². The van der Waals surface area contributed by atoms with Crippen molar-refractivity contribution in [2.45, 2.75) is 45.4 Å². The number of hydrogen-bond donors (Lipinski definition) is 2. The van der Waals surface area contributed by atoms with Crippen molar-refractivity contribution >= 4 is 15.9 Å². The maximum Gasteiger partial charge on any atom is 0.387 e. The zero-order valence-electron chi connectivity index (χ0n) is 13.0. The summed E-state index contributed by atoms with van der Waals surface area (Å²) in [5.74, 6) is 0.201. The average molecular weight is 382 g/mol.